The minimum atomic E-state index is 0.236. The molecule has 0 aliphatic heterocycles. The number of unbranched alkanes of at least 4 members (excludes halogenated alkanes) is 4. The molecular formula is C33H50N8S2. The second-order valence-corrected chi connectivity index (χ2v) is 13.5. The van der Waals surface area contributed by atoms with Gasteiger partial charge in [-0.05, 0) is 36.5 Å². The summed E-state index contributed by atoms with van der Waals surface area (Å²) in [6.45, 7) is 9.78. The highest BCUT2D eigenvalue weighted by Crippen LogP contribution is 2.61. The Morgan fingerprint density at radius 3 is 1.60 bits per heavy atom. The van der Waals surface area contributed by atoms with Crippen molar-refractivity contribution in [2.24, 2.45) is 17.4 Å². The van der Waals surface area contributed by atoms with Crippen LogP contribution in [-0.2, 0) is 0 Å². The molecule has 2 heterocycles. The predicted octanol–water partition coefficient (Wildman–Crippen LogP) is 6.87. The van der Waals surface area contributed by atoms with Crippen LogP contribution < -0.4 is 22.1 Å². The minimum absolute atomic E-state index is 0.236. The predicted molar refractivity (Wildman–Crippen MR) is 183 cm³/mol. The summed E-state index contributed by atoms with van der Waals surface area (Å²) in [6, 6.07) is 15.2. The third-order valence-electron chi connectivity index (χ3n) is 8.08. The van der Waals surface area contributed by atoms with E-state index < -0.39 is 0 Å². The van der Waals surface area contributed by atoms with Crippen LogP contribution in [0.15, 0.2) is 52.5 Å². The minimum Gasteiger partial charge on any atom is -0.354 e. The maximum absolute atomic E-state index is 5.86. The molecule has 0 spiro atoms. The number of anilines is 2. The molecule has 6 N–H and O–H groups in total. The van der Waals surface area contributed by atoms with Crippen molar-refractivity contribution in [3.05, 3.63) is 59.4 Å². The molecule has 0 bridgehead atoms. The number of nitrogens with zero attached hydrogens (tertiary/aromatic N) is 4. The SMILES string of the molecule is CCCCCNc1nc(SCCN)cc(C2C(C)C(c3cc(SCCN)nc(NCCCCC)n3)C2c2ccccc2)n1. The molecule has 1 aliphatic rings. The third-order valence-corrected chi connectivity index (χ3v) is 9.97. The molecule has 0 radical (unpaired) electrons. The van der Waals surface area contributed by atoms with Crippen LogP contribution in [0.1, 0.15) is 94.0 Å². The Balaban J connectivity index is 1.69. The van der Waals surface area contributed by atoms with Crippen LogP contribution in [0.5, 0.6) is 0 Å². The van der Waals surface area contributed by atoms with Crippen LogP contribution in [-0.4, -0.2) is 57.6 Å². The van der Waals surface area contributed by atoms with E-state index in [4.69, 9.17) is 31.4 Å². The lowest BCUT2D eigenvalue weighted by molar-refractivity contribution is 0.166. The van der Waals surface area contributed by atoms with Gasteiger partial charge in [-0.15, -0.1) is 23.5 Å². The number of nitrogens with two attached hydrogens (primary N) is 2. The van der Waals surface area contributed by atoms with Gasteiger partial charge >= 0.3 is 0 Å². The maximum Gasteiger partial charge on any atom is 0.223 e. The molecule has 1 saturated carbocycles. The van der Waals surface area contributed by atoms with Gasteiger partial charge < -0.3 is 22.1 Å². The lowest BCUT2D eigenvalue weighted by Crippen LogP contribution is -2.41. The molecule has 10 heteroatoms. The molecule has 2 unspecified atom stereocenters. The first-order chi connectivity index (χ1) is 21.1. The molecule has 2 aromatic heterocycles. The van der Waals surface area contributed by atoms with Gasteiger partial charge in [-0.2, -0.15) is 0 Å². The summed E-state index contributed by atoms with van der Waals surface area (Å²) in [4.78, 5) is 19.9. The van der Waals surface area contributed by atoms with Crippen molar-refractivity contribution in [1.29, 1.82) is 0 Å². The van der Waals surface area contributed by atoms with Crippen molar-refractivity contribution < 1.29 is 0 Å². The normalized spacial score (nSPS) is 19.7. The van der Waals surface area contributed by atoms with E-state index >= 15 is 0 Å². The molecule has 2 atom stereocenters. The summed E-state index contributed by atoms with van der Waals surface area (Å²) in [5.74, 6) is 4.13. The van der Waals surface area contributed by atoms with Gasteiger partial charge in [0.25, 0.3) is 0 Å². The van der Waals surface area contributed by atoms with E-state index in [0.717, 1.165) is 70.8 Å². The summed E-state index contributed by atoms with van der Waals surface area (Å²) in [6.07, 6.45) is 6.97. The van der Waals surface area contributed by atoms with E-state index in [-0.39, 0.29) is 17.8 Å². The molecular weight excluding hydrogens is 573 g/mol. The number of nitrogens with one attached hydrogen (secondary N) is 2. The Bertz CT molecular complexity index is 1170. The van der Waals surface area contributed by atoms with Gasteiger partial charge in [0.05, 0.1) is 11.4 Å². The summed E-state index contributed by atoms with van der Waals surface area (Å²) in [5.41, 5.74) is 15.2. The van der Waals surface area contributed by atoms with Gasteiger partial charge in [0.1, 0.15) is 10.1 Å². The van der Waals surface area contributed by atoms with Crippen LogP contribution in [0.25, 0.3) is 0 Å². The highest BCUT2D eigenvalue weighted by molar-refractivity contribution is 7.99. The zero-order valence-corrected chi connectivity index (χ0v) is 27.7. The first-order valence-electron chi connectivity index (χ1n) is 16.1. The number of benzene rings is 1. The monoisotopic (exact) mass is 622 g/mol. The molecule has 4 rings (SSSR count). The highest BCUT2D eigenvalue weighted by Gasteiger charge is 2.51. The number of rotatable bonds is 19. The first-order valence-corrected chi connectivity index (χ1v) is 18.0. The summed E-state index contributed by atoms with van der Waals surface area (Å²) < 4.78 is 0. The van der Waals surface area contributed by atoms with Crippen LogP contribution in [0.4, 0.5) is 11.9 Å². The average molecular weight is 623 g/mol. The zero-order valence-electron chi connectivity index (χ0n) is 26.1. The van der Waals surface area contributed by atoms with Crippen molar-refractivity contribution in [2.75, 3.05) is 48.3 Å². The smallest absolute Gasteiger partial charge is 0.223 e. The standard InChI is InChI=1S/C33H50N8S2/c1-4-6-11-17-36-32-38-25(21-27(40-32)42-19-15-34)29-23(3)30(31(29)24-13-9-8-10-14-24)26-22-28(43-20-16-35)41-33(39-26)37-18-12-7-5-2/h8-10,13-14,21-23,29-31H,4-7,11-12,15-20,34-35H2,1-3H3,(H,36,38,40)(H,37,39,41). The average Bonchev–Trinajstić information content (AvgIpc) is 3.02. The van der Waals surface area contributed by atoms with Crippen molar-refractivity contribution in [1.82, 2.24) is 19.9 Å². The highest BCUT2D eigenvalue weighted by atomic mass is 32.2. The second kappa shape index (κ2) is 17.8. The summed E-state index contributed by atoms with van der Waals surface area (Å²) in [5, 5.41) is 8.98. The van der Waals surface area contributed by atoms with Crippen LogP contribution >= 0.6 is 23.5 Å². The van der Waals surface area contributed by atoms with E-state index in [1.165, 1.54) is 31.2 Å². The van der Waals surface area contributed by atoms with Gasteiger partial charge in [-0.3, -0.25) is 0 Å². The van der Waals surface area contributed by atoms with Crippen molar-refractivity contribution in [3.8, 4) is 0 Å². The Labute approximate surface area is 266 Å². The Hall–Kier alpha value is -2.40. The second-order valence-electron chi connectivity index (χ2n) is 11.3. The molecule has 8 nitrogen and oxygen atoms in total. The van der Waals surface area contributed by atoms with E-state index in [2.05, 4.69) is 73.9 Å². The fourth-order valence-electron chi connectivity index (χ4n) is 5.96. The lowest BCUT2D eigenvalue weighted by atomic mass is 9.53. The van der Waals surface area contributed by atoms with Crippen molar-refractivity contribution >= 4 is 35.4 Å². The van der Waals surface area contributed by atoms with E-state index in [1.807, 2.05) is 0 Å². The van der Waals surface area contributed by atoms with Crippen molar-refractivity contribution in [3.63, 3.8) is 0 Å². The zero-order chi connectivity index (χ0) is 30.4. The summed E-state index contributed by atoms with van der Waals surface area (Å²) in [7, 11) is 0. The fourth-order valence-corrected chi connectivity index (χ4v) is 7.33. The van der Waals surface area contributed by atoms with Gasteiger partial charge in [-0.25, -0.2) is 19.9 Å². The van der Waals surface area contributed by atoms with E-state index in [1.54, 1.807) is 23.5 Å². The quantitative estimate of drug-likeness (QED) is 0.0638. The van der Waals surface area contributed by atoms with Gasteiger partial charge in [0.15, 0.2) is 0 Å². The van der Waals surface area contributed by atoms with Crippen LogP contribution in [0.3, 0.4) is 0 Å². The van der Waals surface area contributed by atoms with Gasteiger partial charge in [-0.1, -0.05) is 76.8 Å². The fraction of sp³-hybridized carbons (Fsp3) is 0.576. The number of hydrogen-bond donors (Lipinski definition) is 4. The maximum atomic E-state index is 5.86. The molecule has 0 saturated heterocycles. The lowest BCUT2D eigenvalue weighted by Gasteiger charge is -2.51. The topological polar surface area (TPSA) is 128 Å². The molecule has 1 aliphatic carbocycles. The molecule has 43 heavy (non-hydrogen) atoms. The largest absolute Gasteiger partial charge is 0.354 e. The molecule has 234 valence electrons. The number of hydrogen-bond acceptors (Lipinski definition) is 10. The van der Waals surface area contributed by atoms with Crippen LogP contribution in [0, 0.1) is 5.92 Å². The molecule has 1 fully saturated rings. The van der Waals surface area contributed by atoms with Crippen molar-refractivity contribution in [2.45, 2.75) is 87.1 Å². The third kappa shape index (κ3) is 9.30. The van der Waals surface area contributed by atoms with E-state index in [9.17, 15) is 0 Å². The Kier molecular flexibility index (Phi) is 13.9. The van der Waals surface area contributed by atoms with Gasteiger partial charge in [0.2, 0.25) is 11.9 Å². The Morgan fingerprint density at radius 2 is 1.16 bits per heavy atom. The summed E-state index contributed by atoms with van der Waals surface area (Å²) >= 11 is 3.41. The molecule has 1 aromatic carbocycles. The van der Waals surface area contributed by atoms with Crippen LogP contribution in [0.2, 0.25) is 0 Å². The Morgan fingerprint density at radius 1 is 0.674 bits per heavy atom. The molecule has 3 aromatic rings. The number of aromatic nitrogens is 4. The first kappa shape index (κ1) is 33.5. The molecule has 0 amide bonds. The number of thioether (sulfide) groups is 2. The van der Waals surface area contributed by atoms with E-state index in [0.29, 0.717) is 19.0 Å². The van der Waals surface area contributed by atoms with Gasteiger partial charge in [0, 0.05) is 55.4 Å².